The normalized spacial score (nSPS) is 20.3. The molecular formula is C11H17N3O6. The Labute approximate surface area is 114 Å². The van der Waals surface area contributed by atoms with Crippen molar-refractivity contribution in [2.24, 2.45) is 0 Å². The highest BCUT2D eigenvalue weighted by Crippen LogP contribution is 2.15. The molecular weight excluding hydrogens is 270 g/mol. The van der Waals surface area contributed by atoms with Crippen LogP contribution < -0.4 is 10.6 Å². The monoisotopic (exact) mass is 287 g/mol. The van der Waals surface area contributed by atoms with Crippen molar-refractivity contribution in [2.75, 3.05) is 6.54 Å². The van der Waals surface area contributed by atoms with E-state index in [1.807, 2.05) is 5.32 Å². The summed E-state index contributed by atoms with van der Waals surface area (Å²) in [5.41, 5.74) is -1.10. The highest BCUT2D eigenvalue weighted by Gasteiger charge is 2.45. The van der Waals surface area contributed by atoms with E-state index in [0.717, 1.165) is 0 Å². The van der Waals surface area contributed by atoms with Crippen LogP contribution in [-0.4, -0.2) is 63.2 Å². The van der Waals surface area contributed by atoms with Crippen LogP contribution in [0.2, 0.25) is 0 Å². The smallest absolute Gasteiger partial charge is 0.328 e. The number of aliphatic hydroxyl groups is 1. The third-order valence-corrected chi connectivity index (χ3v) is 2.81. The Balaban J connectivity index is 2.70. The lowest BCUT2D eigenvalue weighted by atomic mass is 10.1. The van der Waals surface area contributed by atoms with Crippen LogP contribution >= 0.6 is 0 Å². The average molecular weight is 287 g/mol. The minimum absolute atomic E-state index is 0.582. The van der Waals surface area contributed by atoms with Gasteiger partial charge >= 0.3 is 12.0 Å². The van der Waals surface area contributed by atoms with Crippen molar-refractivity contribution in [2.45, 2.75) is 38.5 Å². The SMILES string of the molecule is C[C@@H](O)[C@H](NC(=O)CN1C(=O)NC(C)(C)C1=O)C(=O)O. The highest BCUT2D eigenvalue weighted by atomic mass is 16.4. The molecule has 1 aliphatic heterocycles. The van der Waals surface area contributed by atoms with Crippen molar-refractivity contribution in [1.29, 1.82) is 0 Å². The molecule has 1 fully saturated rings. The van der Waals surface area contributed by atoms with Crippen molar-refractivity contribution in [3.05, 3.63) is 0 Å². The number of hydrogen-bond donors (Lipinski definition) is 4. The van der Waals surface area contributed by atoms with Crippen LogP contribution in [0.5, 0.6) is 0 Å². The van der Waals surface area contributed by atoms with Gasteiger partial charge in [0, 0.05) is 0 Å². The predicted molar refractivity (Wildman–Crippen MR) is 65.6 cm³/mol. The second-order valence-corrected chi connectivity index (χ2v) is 5.07. The van der Waals surface area contributed by atoms with E-state index in [4.69, 9.17) is 5.11 Å². The first-order valence-electron chi connectivity index (χ1n) is 5.90. The summed E-state index contributed by atoms with van der Waals surface area (Å²) in [7, 11) is 0. The number of carbonyl (C=O) groups excluding carboxylic acids is 3. The third-order valence-electron chi connectivity index (χ3n) is 2.81. The second-order valence-electron chi connectivity index (χ2n) is 5.07. The first kappa shape index (κ1) is 15.9. The first-order valence-corrected chi connectivity index (χ1v) is 5.90. The molecule has 112 valence electrons. The largest absolute Gasteiger partial charge is 0.480 e. The molecule has 0 unspecified atom stereocenters. The summed E-state index contributed by atoms with van der Waals surface area (Å²) >= 11 is 0. The van der Waals surface area contributed by atoms with Crippen LogP contribution in [0, 0.1) is 0 Å². The van der Waals surface area contributed by atoms with Crippen LogP contribution in [0.25, 0.3) is 0 Å². The van der Waals surface area contributed by atoms with Gasteiger partial charge in [0.05, 0.1) is 6.10 Å². The van der Waals surface area contributed by atoms with Gasteiger partial charge < -0.3 is 20.8 Å². The van der Waals surface area contributed by atoms with Gasteiger partial charge in [-0.05, 0) is 20.8 Å². The summed E-state index contributed by atoms with van der Waals surface area (Å²) in [6.45, 7) is 3.57. The first-order chi connectivity index (χ1) is 9.06. The van der Waals surface area contributed by atoms with E-state index in [-0.39, 0.29) is 0 Å². The molecule has 9 nitrogen and oxygen atoms in total. The quantitative estimate of drug-likeness (QED) is 0.443. The zero-order valence-corrected chi connectivity index (χ0v) is 11.3. The molecule has 9 heteroatoms. The Morgan fingerprint density at radius 1 is 1.40 bits per heavy atom. The van der Waals surface area contributed by atoms with Crippen molar-refractivity contribution in [3.8, 4) is 0 Å². The average Bonchev–Trinajstić information content (AvgIpc) is 2.47. The van der Waals surface area contributed by atoms with Crippen LogP contribution in [0.15, 0.2) is 0 Å². The summed E-state index contributed by atoms with van der Waals surface area (Å²) in [5, 5.41) is 22.5. The Bertz CT molecular complexity index is 459. The summed E-state index contributed by atoms with van der Waals surface area (Å²) in [6, 6.07) is -2.23. The summed E-state index contributed by atoms with van der Waals surface area (Å²) in [6.07, 6.45) is -1.31. The van der Waals surface area contributed by atoms with Crippen molar-refractivity contribution in [3.63, 3.8) is 0 Å². The number of imide groups is 1. The van der Waals surface area contributed by atoms with E-state index in [2.05, 4.69) is 5.32 Å². The minimum Gasteiger partial charge on any atom is -0.480 e. The Hall–Kier alpha value is -2.16. The number of nitrogens with zero attached hydrogens (tertiary/aromatic N) is 1. The minimum atomic E-state index is -1.50. The number of nitrogens with one attached hydrogen (secondary N) is 2. The van der Waals surface area contributed by atoms with E-state index in [9.17, 15) is 24.3 Å². The molecule has 0 saturated carbocycles. The molecule has 2 atom stereocenters. The maximum Gasteiger partial charge on any atom is 0.328 e. The van der Waals surface area contributed by atoms with Gasteiger partial charge in [-0.2, -0.15) is 0 Å². The lowest BCUT2D eigenvalue weighted by Gasteiger charge is -2.19. The number of aliphatic hydroxyl groups excluding tert-OH is 1. The number of aliphatic carboxylic acids is 1. The number of carboxylic acid groups (broad SMARTS) is 1. The molecule has 1 rings (SSSR count). The number of carbonyl (C=O) groups is 4. The molecule has 1 aliphatic rings. The van der Waals surface area contributed by atoms with E-state index in [1.165, 1.54) is 20.8 Å². The van der Waals surface area contributed by atoms with Gasteiger partial charge in [0.1, 0.15) is 12.1 Å². The molecule has 0 aliphatic carbocycles. The molecule has 0 radical (unpaired) electrons. The second kappa shape index (κ2) is 5.45. The molecule has 0 spiro atoms. The van der Waals surface area contributed by atoms with Crippen LogP contribution in [0.1, 0.15) is 20.8 Å². The third kappa shape index (κ3) is 3.23. The fourth-order valence-electron chi connectivity index (χ4n) is 1.71. The fraction of sp³-hybridized carbons (Fsp3) is 0.636. The summed E-state index contributed by atoms with van der Waals surface area (Å²) in [5.74, 6) is -2.84. The zero-order valence-electron chi connectivity index (χ0n) is 11.3. The van der Waals surface area contributed by atoms with Crippen LogP contribution in [0.4, 0.5) is 4.79 Å². The van der Waals surface area contributed by atoms with E-state index < -0.39 is 48.0 Å². The number of amides is 4. The fourth-order valence-corrected chi connectivity index (χ4v) is 1.71. The van der Waals surface area contributed by atoms with Gasteiger partial charge in [-0.3, -0.25) is 14.5 Å². The van der Waals surface area contributed by atoms with Crippen LogP contribution in [0.3, 0.4) is 0 Å². The van der Waals surface area contributed by atoms with Crippen molar-refractivity contribution >= 4 is 23.8 Å². The lowest BCUT2D eigenvalue weighted by molar-refractivity contribution is -0.145. The Kier molecular flexibility index (Phi) is 4.33. The molecule has 20 heavy (non-hydrogen) atoms. The lowest BCUT2D eigenvalue weighted by Crippen LogP contribution is -2.51. The van der Waals surface area contributed by atoms with Crippen LogP contribution in [-0.2, 0) is 14.4 Å². The van der Waals surface area contributed by atoms with Crippen molar-refractivity contribution < 1.29 is 29.4 Å². The maximum atomic E-state index is 11.8. The summed E-state index contributed by atoms with van der Waals surface area (Å²) < 4.78 is 0. The van der Waals surface area contributed by atoms with Gasteiger partial charge in [0.15, 0.2) is 6.04 Å². The Morgan fingerprint density at radius 3 is 2.30 bits per heavy atom. The molecule has 0 aromatic carbocycles. The molecule has 1 heterocycles. The molecule has 4 N–H and O–H groups in total. The van der Waals surface area contributed by atoms with Crippen molar-refractivity contribution in [1.82, 2.24) is 15.5 Å². The highest BCUT2D eigenvalue weighted by molar-refractivity contribution is 6.08. The molecule has 0 aromatic heterocycles. The van der Waals surface area contributed by atoms with Gasteiger partial charge in [-0.25, -0.2) is 9.59 Å². The van der Waals surface area contributed by atoms with Gasteiger partial charge in [0.2, 0.25) is 5.91 Å². The molecule has 0 bridgehead atoms. The maximum absolute atomic E-state index is 11.8. The standard InChI is InChI=1S/C11H17N3O6/c1-5(15)7(8(17)18)12-6(16)4-14-9(19)11(2,3)13-10(14)20/h5,7,15H,4H2,1-3H3,(H,12,16)(H,13,20)(H,17,18)/t5-,7+/m1/s1. The number of urea groups is 1. The predicted octanol–water partition coefficient (Wildman–Crippen LogP) is -1.73. The Morgan fingerprint density at radius 2 is 1.95 bits per heavy atom. The summed E-state index contributed by atoms with van der Waals surface area (Å²) in [4.78, 5) is 46.5. The zero-order chi connectivity index (χ0) is 15.7. The van der Waals surface area contributed by atoms with E-state index >= 15 is 0 Å². The van der Waals surface area contributed by atoms with E-state index in [1.54, 1.807) is 0 Å². The van der Waals surface area contributed by atoms with Gasteiger partial charge in [-0.1, -0.05) is 0 Å². The molecule has 1 saturated heterocycles. The molecule has 4 amide bonds. The number of carboxylic acids is 1. The van der Waals surface area contributed by atoms with Gasteiger partial charge in [0.25, 0.3) is 5.91 Å². The van der Waals surface area contributed by atoms with E-state index in [0.29, 0.717) is 4.90 Å². The van der Waals surface area contributed by atoms with Gasteiger partial charge in [-0.15, -0.1) is 0 Å². The number of rotatable bonds is 5. The number of hydrogen-bond acceptors (Lipinski definition) is 5. The molecule has 0 aromatic rings. The topological polar surface area (TPSA) is 136 Å².